The number of ketones is 2. The molecule has 0 aromatic heterocycles. The van der Waals surface area contributed by atoms with E-state index >= 15 is 0 Å². The van der Waals surface area contributed by atoms with Gasteiger partial charge in [-0.15, -0.1) is 0 Å². The SMILES string of the molecule is CN(C)c1ccc(C2C(=O)C(c3ccc(N(C)C)c4cc5ccccc5cc34)C2=O)c2cc3ccccc3cc12. The Kier molecular flexibility index (Phi) is 5.43. The molecule has 196 valence electrons. The van der Waals surface area contributed by atoms with E-state index < -0.39 is 11.8 Å². The summed E-state index contributed by atoms with van der Waals surface area (Å²) >= 11 is 0. The van der Waals surface area contributed by atoms with Crippen molar-refractivity contribution in [3.05, 3.63) is 108 Å². The largest absolute Gasteiger partial charge is 0.377 e. The fraction of sp³-hybridized carbons (Fsp3) is 0.167. The minimum absolute atomic E-state index is 0.0240. The number of hydrogen-bond donors (Lipinski definition) is 0. The maximum atomic E-state index is 14.0. The number of nitrogens with zero attached hydrogens (tertiary/aromatic N) is 2. The normalized spacial score (nSPS) is 17.1. The first kappa shape index (κ1) is 24.3. The molecule has 1 fully saturated rings. The average molecular weight is 523 g/mol. The predicted molar refractivity (Wildman–Crippen MR) is 167 cm³/mol. The molecule has 0 saturated heterocycles. The van der Waals surface area contributed by atoms with Crippen molar-refractivity contribution in [2.24, 2.45) is 0 Å². The Morgan fingerprint density at radius 1 is 0.450 bits per heavy atom. The number of hydrogen-bond acceptors (Lipinski definition) is 4. The molecule has 0 aliphatic heterocycles. The van der Waals surface area contributed by atoms with Crippen LogP contribution in [-0.4, -0.2) is 39.8 Å². The first-order chi connectivity index (χ1) is 19.3. The van der Waals surface area contributed by atoms with Gasteiger partial charge >= 0.3 is 0 Å². The van der Waals surface area contributed by atoms with Crippen LogP contribution in [-0.2, 0) is 9.59 Å². The highest BCUT2D eigenvalue weighted by Gasteiger charge is 2.51. The lowest BCUT2D eigenvalue weighted by atomic mass is 9.64. The molecule has 0 N–H and O–H groups in total. The molecule has 40 heavy (non-hydrogen) atoms. The van der Waals surface area contributed by atoms with Gasteiger partial charge in [0.1, 0.15) is 11.8 Å². The molecule has 6 aromatic carbocycles. The number of carbonyl (C=O) groups excluding carboxylic acids is 2. The summed E-state index contributed by atoms with van der Waals surface area (Å²) in [5, 5.41) is 8.51. The van der Waals surface area contributed by atoms with Crippen LogP contribution in [0.5, 0.6) is 0 Å². The van der Waals surface area contributed by atoms with Crippen molar-refractivity contribution in [1.29, 1.82) is 0 Å². The van der Waals surface area contributed by atoms with Gasteiger partial charge in [-0.05, 0) is 79.8 Å². The van der Waals surface area contributed by atoms with E-state index in [1.165, 1.54) is 0 Å². The van der Waals surface area contributed by atoms with Crippen LogP contribution in [0.3, 0.4) is 0 Å². The molecule has 0 heterocycles. The van der Waals surface area contributed by atoms with Gasteiger partial charge < -0.3 is 9.80 Å². The second kappa shape index (κ2) is 8.92. The lowest BCUT2D eigenvalue weighted by Gasteiger charge is -2.34. The second-order valence-electron chi connectivity index (χ2n) is 11.3. The summed E-state index contributed by atoms with van der Waals surface area (Å²) in [6, 6.07) is 33.1. The van der Waals surface area contributed by atoms with E-state index in [1.54, 1.807) is 0 Å². The van der Waals surface area contributed by atoms with Crippen LogP contribution < -0.4 is 9.80 Å². The van der Waals surface area contributed by atoms with Gasteiger partial charge in [0.25, 0.3) is 0 Å². The molecular weight excluding hydrogens is 492 g/mol. The fourth-order valence-electron chi connectivity index (χ4n) is 6.49. The minimum atomic E-state index is -0.756. The van der Waals surface area contributed by atoms with E-state index in [0.29, 0.717) is 0 Å². The zero-order chi connectivity index (χ0) is 27.7. The molecule has 1 saturated carbocycles. The molecular formula is C36H30N2O2. The lowest BCUT2D eigenvalue weighted by Crippen LogP contribution is -2.44. The maximum Gasteiger partial charge on any atom is 0.162 e. The van der Waals surface area contributed by atoms with Crippen molar-refractivity contribution in [1.82, 2.24) is 0 Å². The van der Waals surface area contributed by atoms with E-state index in [2.05, 4.69) is 58.3 Å². The van der Waals surface area contributed by atoms with Crippen LogP contribution in [0.25, 0.3) is 43.1 Å². The monoisotopic (exact) mass is 522 g/mol. The summed E-state index contributed by atoms with van der Waals surface area (Å²) in [5.74, 6) is -1.56. The van der Waals surface area contributed by atoms with E-state index in [4.69, 9.17) is 0 Å². The molecule has 0 bridgehead atoms. The Bertz CT molecular complexity index is 1860. The minimum Gasteiger partial charge on any atom is -0.377 e. The number of benzene rings is 6. The zero-order valence-corrected chi connectivity index (χ0v) is 23.1. The Morgan fingerprint density at radius 2 is 0.775 bits per heavy atom. The number of carbonyl (C=O) groups is 2. The third-order valence-corrected chi connectivity index (χ3v) is 8.51. The second-order valence-corrected chi connectivity index (χ2v) is 11.3. The highest BCUT2D eigenvalue weighted by Crippen LogP contribution is 2.47. The Balaban J connectivity index is 1.38. The molecule has 6 aromatic rings. The first-order valence-corrected chi connectivity index (χ1v) is 13.7. The van der Waals surface area contributed by atoms with Crippen LogP contribution in [0.2, 0.25) is 0 Å². The summed E-state index contributed by atoms with van der Waals surface area (Å²) in [7, 11) is 8.08. The van der Waals surface area contributed by atoms with E-state index in [0.717, 1.165) is 65.6 Å². The van der Waals surface area contributed by atoms with Crippen LogP contribution in [0.4, 0.5) is 11.4 Å². The van der Waals surface area contributed by atoms with Crippen LogP contribution in [0.15, 0.2) is 97.1 Å². The predicted octanol–water partition coefficient (Wildman–Crippen LogP) is 7.45. The standard InChI is InChI=1S/C36H30N2O2/c1-37(2)31-15-13-25(27-17-21-9-5-7-11-23(21)19-29(27)31)33-35(39)34(36(33)40)26-14-16-32(38(3)4)30-20-24-12-8-6-10-22(24)18-28(26)30/h5-20,33-34H,1-4H3. The Morgan fingerprint density at radius 3 is 1.10 bits per heavy atom. The number of anilines is 2. The summed E-state index contributed by atoms with van der Waals surface area (Å²) in [6.07, 6.45) is 0. The van der Waals surface area contributed by atoms with Crippen molar-refractivity contribution >= 4 is 66.0 Å². The molecule has 0 atom stereocenters. The molecule has 0 unspecified atom stereocenters. The number of fused-ring (bicyclic) bond motifs is 4. The van der Waals surface area contributed by atoms with E-state index in [-0.39, 0.29) is 11.6 Å². The fourth-order valence-corrected chi connectivity index (χ4v) is 6.49. The maximum absolute atomic E-state index is 14.0. The number of Topliss-reactive ketones (excluding diaryl/α,β-unsaturated/α-hetero) is 2. The van der Waals surface area contributed by atoms with Crippen molar-refractivity contribution in [2.75, 3.05) is 38.0 Å². The number of rotatable bonds is 4. The summed E-state index contributed by atoms with van der Waals surface area (Å²) in [4.78, 5) is 32.1. The molecule has 0 radical (unpaired) electrons. The van der Waals surface area contributed by atoms with Gasteiger partial charge in [0.15, 0.2) is 11.6 Å². The van der Waals surface area contributed by atoms with E-state index in [1.807, 2.05) is 76.7 Å². The first-order valence-electron chi connectivity index (χ1n) is 13.7. The third kappa shape index (κ3) is 3.52. The van der Waals surface area contributed by atoms with Gasteiger partial charge in [-0.1, -0.05) is 60.7 Å². The van der Waals surface area contributed by atoms with E-state index in [9.17, 15) is 9.59 Å². The molecule has 1 aliphatic carbocycles. The average Bonchev–Trinajstić information content (AvgIpc) is 2.95. The molecule has 7 rings (SSSR count). The summed E-state index contributed by atoms with van der Waals surface area (Å²) in [5.41, 5.74) is 3.74. The smallest absolute Gasteiger partial charge is 0.162 e. The van der Waals surface area contributed by atoms with Gasteiger partial charge in [0.05, 0.1) is 0 Å². The summed E-state index contributed by atoms with van der Waals surface area (Å²) in [6.45, 7) is 0. The highest BCUT2D eigenvalue weighted by atomic mass is 16.2. The molecule has 0 amide bonds. The molecule has 4 heteroatoms. The van der Waals surface area contributed by atoms with Gasteiger partial charge in [0, 0.05) is 50.3 Å². The Hall–Kier alpha value is -4.70. The van der Waals surface area contributed by atoms with Crippen molar-refractivity contribution in [3.63, 3.8) is 0 Å². The van der Waals surface area contributed by atoms with Crippen molar-refractivity contribution in [3.8, 4) is 0 Å². The third-order valence-electron chi connectivity index (χ3n) is 8.51. The zero-order valence-electron chi connectivity index (χ0n) is 23.1. The molecule has 0 spiro atoms. The van der Waals surface area contributed by atoms with Crippen molar-refractivity contribution < 1.29 is 9.59 Å². The van der Waals surface area contributed by atoms with Crippen LogP contribution >= 0.6 is 0 Å². The lowest BCUT2D eigenvalue weighted by molar-refractivity contribution is -0.142. The van der Waals surface area contributed by atoms with Gasteiger partial charge in [-0.3, -0.25) is 9.59 Å². The van der Waals surface area contributed by atoms with Crippen LogP contribution in [0.1, 0.15) is 23.0 Å². The summed E-state index contributed by atoms with van der Waals surface area (Å²) < 4.78 is 0. The van der Waals surface area contributed by atoms with Gasteiger partial charge in [-0.2, -0.15) is 0 Å². The van der Waals surface area contributed by atoms with Crippen molar-refractivity contribution in [2.45, 2.75) is 11.8 Å². The highest BCUT2D eigenvalue weighted by molar-refractivity contribution is 6.33. The topological polar surface area (TPSA) is 40.6 Å². The van der Waals surface area contributed by atoms with Gasteiger partial charge in [0.2, 0.25) is 0 Å². The Labute approximate surface area is 233 Å². The van der Waals surface area contributed by atoms with Crippen LogP contribution in [0, 0.1) is 0 Å². The van der Waals surface area contributed by atoms with Gasteiger partial charge in [-0.25, -0.2) is 0 Å². The quantitative estimate of drug-likeness (QED) is 0.178. The molecule has 4 nitrogen and oxygen atoms in total. The molecule has 1 aliphatic rings.